The van der Waals surface area contributed by atoms with E-state index in [0.717, 1.165) is 55.4 Å². The summed E-state index contributed by atoms with van der Waals surface area (Å²) in [5, 5.41) is 4.78. The Morgan fingerprint density at radius 3 is 2.09 bits per heavy atom. The first kappa shape index (κ1) is 25.8. The molecule has 0 saturated heterocycles. The molecule has 0 fully saturated rings. The number of pyridine rings is 3. The van der Waals surface area contributed by atoms with Crippen molar-refractivity contribution in [3.63, 3.8) is 0 Å². The molecule has 0 spiro atoms. The fourth-order valence-electron chi connectivity index (χ4n) is 7.17. The highest BCUT2D eigenvalue weighted by Crippen LogP contribution is 2.53. The largest absolute Gasteiger partial charge is 0.256 e. The molecule has 8 aromatic rings. The Bertz CT molecular complexity index is 2440. The van der Waals surface area contributed by atoms with Gasteiger partial charge in [-0.15, -0.1) is 0 Å². The number of benzene rings is 5. The van der Waals surface area contributed by atoms with Gasteiger partial charge in [0.25, 0.3) is 0 Å². The van der Waals surface area contributed by atoms with Gasteiger partial charge in [0, 0.05) is 45.3 Å². The second kappa shape index (κ2) is 9.67. The summed E-state index contributed by atoms with van der Waals surface area (Å²) in [4.78, 5) is 15.0. The molecule has 0 atom stereocenters. The number of nitrogens with zero attached hydrogens (tertiary/aromatic N) is 3. The van der Waals surface area contributed by atoms with E-state index < -0.39 is 0 Å². The average molecular weight is 576 g/mol. The Hall–Kier alpha value is -5.67. The molecule has 45 heavy (non-hydrogen) atoms. The molecule has 0 saturated carbocycles. The number of rotatable bonds is 3. The van der Waals surface area contributed by atoms with Crippen LogP contribution in [-0.2, 0) is 5.41 Å². The molecule has 0 unspecified atom stereocenters. The van der Waals surface area contributed by atoms with E-state index in [9.17, 15) is 0 Å². The maximum Gasteiger partial charge on any atom is 0.0805 e. The van der Waals surface area contributed by atoms with Gasteiger partial charge in [0.15, 0.2) is 0 Å². The van der Waals surface area contributed by atoms with Gasteiger partial charge < -0.3 is 0 Å². The third-order valence-electron chi connectivity index (χ3n) is 9.54. The van der Waals surface area contributed by atoms with Crippen LogP contribution < -0.4 is 0 Å². The standard InChI is InChI=1S/C42H29N3/c1-42(2)35-25-34(30-20-15-26-9-3-4-10-29(26)23-30)33-13-8-22-44-40(33)38(35)41-36(42)24-31-11-7-12-32(39(31)45-41)27-16-18-28(19-17-27)37-14-5-6-21-43-37/h3-25H,1-2H3. The van der Waals surface area contributed by atoms with Crippen molar-refractivity contribution < 1.29 is 0 Å². The summed E-state index contributed by atoms with van der Waals surface area (Å²) in [6.45, 7) is 4.65. The highest BCUT2D eigenvalue weighted by Gasteiger charge is 2.39. The number of fused-ring (bicyclic) bond motifs is 7. The molecular weight excluding hydrogens is 546 g/mol. The molecule has 3 aromatic heterocycles. The zero-order valence-electron chi connectivity index (χ0n) is 25.1. The van der Waals surface area contributed by atoms with Gasteiger partial charge in [-0.2, -0.15) is 0 Å². The van der Waals surface area contributed by atoms with E-state index in [1.54, 1.807) is 0 Å². The molecule has 0 N–H and O–H groups in total. The lowest BCUT2D eigenvalue weighted by Gasteiger charge is -2.23. The van der Waals surface area contributed by atoms with Crippen LogP contribution >= 0.6 is 0 Å². The maximum atomic E-state index is 5.49. The van der Waals surface area contributed by atoms with Crippen molar-refractivity contribution in [3.8, 4) is 44.8 Å². The minimum atomic E-state index is -0.233. The fraction of sp³-hybridized carbons (Fsp3) is 0.0714. The van der Waals surface area contributed by atoms with Crippen molar-refractivity contribution in [3.05, 3.63) is 151 Å². The first-order valence-electron chi connectivity index (χ1n) is 15.4. The molecule has 0 bridgehead atoms. The first-order chi connectivity index (χ1) is 22.1. The predicted molar refractivity (Wildman–Crippen MR) is 186 cm³/mol. The summed E-state index contributed by atoms with van der Waals surface area (Å²) < 4.78 is 0. The van der Waals surface area contributed by atoms with Gasteiger partial charge in [0.05, 0.1) is 22.4 Å². The van der Waals surface area contributed by atoms with E-state index in [1.165, 1.54) is 33.0 Å². The van der Waals surface area contributed by atoms with E-state index in [2.05, 4.69) is 122 Å². The third-order valence-corrected chi connectivity index (χ3v) is 9.54. The van der Waals surface area contributed by atoms with E-state index in [0.29, 0.717) is 0 Å². The van der Waals surface area contributed by atoms with Gasteiger partial charge in [-0.3, -0.25) is 9.97 Å². The molecule has 9 rings (SSSR count). The van der Waals surface area contributed by atoms with Crippen LogP contribution in [0.2, 0.25) is 0 Å². The molecule has 0 radical (unpaired) electrons. The smallest absolute Gasteiger partial charge is 0.0805 e. The Balaban J connectivity index is 1.25. The van der Waals surface area contributed by atoms with E-state index in [4.69, 9.17) is 9.97 Å². The maximum absolute atomic E-state index is 5.49. The normalized spacial score (nSPS) is 13.3. The van der Waals surface area contributed by atoms with Crippen LogP contribution in [0.4, 0.5) is 0 Å². The Morgan fingerprint density at radius 1 is 0.489 bits per heavy atom. The van der Waals surface area contributed by atoms with Gasteiger partial charge in [0.2, 0.25) is 0 Å². The van der Waals surface area contributed by atoms with Gasteiger partial charge in [0.1, 0.15) is 0 Å². The van der Waals surface area contributed by atoms with E-state index in [1.807, 2.05) is 36.7 Å². The quantitative estimate of drug-likeness (QED) is 0.210. The van der Waals surface area contributed by atoms with E-state index >= 15 is 0 Å². The number of hydrogen-bond donors (Lipinski definition) is 0. The van der Waals surface area contributed by atoms with Gasteiger partial charge >= 0.3 is 0 Å². The summed E-state index contributed by atoms with van der Waals surface area (Å²) in [6.07, 6.45) is 3.74. The lowest BCUT2D eigenvalue weighted by molar-refractivity contribution is 0.660. The van der Waals surface area contributed by atoms with Crippen molar-refractivity contribution >= 4 is 32.6 Å². The van der Waals surface area contributed by atoms with Crippen LogP contribution in [0.25, 0.3) is 77.3 Å². The van der Waals surface area contributed by atoms with Crippen molar-refractivity contribution in [1.29, 1.82) is 0 Å². The monoisotopic (exact) mass is 575 g/mol. The third kappa shape index (κ3) is 3.94. The van der Waals surface area contributed by atoms with Gasteiger partial charge in [-0.1, -0.05) is 105 Å². The SMILES string of the molecule is CC1(C)c2cc3cccc(-c4ccc(-c5ccccn5)cc4)c3nc2-c2c1cc(-c1ccc3ccccc3c1)c1cccnc21. The highest BCUT2D eigenvalue weighted by atomic mass is 14.8. The summed E-state index contributed by atoms with van der Waals surface area (Å²) in [7, 11) is 0. The molecule has 3 heteroatoms. The summed E-state index contributed by atoms with van der Waals surface area (Å²) >= 11 is 0. The molecule has 0 aliphatic heterocycles. The van der Waals surface area contributed by atoms with Gasteiger partial charge in [-0.25, -0.2) is 4.98 Å². The molecule has 3 heterocycles. The van der Waals surface area contributed by atoms with Crippen LogP contribution in [0.1, 0.15) is 25.0 Å². The van der Waals surface area contributed by atoms with Crippen LogP contribution in [-0.4, -0.2) is 15.0 Å². The second-order valence-electron chi connectivity index (χ2n) is 12.5. The minimum Gasteiger partial charge on any atom is -0.256 e. The van der Waals surface area contributed by atoms with Gasteiger partial charge in [-0.05, 0) is 75.0 Å². The topological polar surface area (TPSA) is 38.7 Å². The molecule has 1 aliphatic rings. The highest BCUT2D eigenvalue weighted by molar-refractivity contribution is 6.08. The Labute approximate surface area is 261 Å². The molecule has 0 amide bonds. The average Bonchev–Trinajstić information content (AvgIpc) is 3.32. The van der Waals surface area contributed by atoms with Crippen LogP contribution in [0.3, 0.4) is 0 Å². The number of hydrogen-bond acceptors (Lipinski definition) is 3. The summed E-state index contributed by atoms with van der Waals surface area (Å²) in [5.41, 5.74) is 13.2. The Kier molecular flexibility index (Phi) is 5.54. The molecule has 3 nitrogen and oxygen atoms in total. The Morgan fingerprint density at radius 2 is 1.24 bits per heavy atom. The van der Waals surface area contributed by atoms with Crippen molar-refractivity contribution in [2.45, 2.75) is 19.3 Å². The van der Waals surface area contributed by atoms with Crippen LogP contribution in [0.5, 0.6) is 0 Å². The van der Waals surface area contributed by atoms with Crippen molar-refractivity contribution in [2.24, 2.45) is 0 Å². The molecular formula is C42H29N3. The minimum absolute atomic E-state index is 0.233. The van der Waals surface area contributed by atoms with Crippen molar-refractivity contribution in [1.82, 2.24) is 15.0 Å². The van der Waals surface area contributed by atoms with Crippen molar-refractivity contribution in [2.75, 3.05) is 0 Å². The number of aromatic nitrogens is 3. The second-order valence-corrected chi connectivity index (χ2v) is 12.5. The molecule has 212 valence electrons. The number of para-hydroxylation sites is 1. The first-order valence-corrected chi connectivity index (χ1v) is 15.4. The van der Waals surface area contributed by atoms with Crippen LogP contribution in [0, 0.1) is 0 Å². The zero-order chi connectivity index (χ0) is 30.1. The molecule has 5 aromatic carbocycles. The lowest BCUT2D eigenvalue weighted by atomic mass is 9.80. The zero-order valence-corrected chi connectivity index (χ0v) is 25.1. The van der Waals surface area contributed by atoms with E-state index in [-0.39, 0.29) is 5.41 Å². The fourth-order valence-corrected chi connectivity index (χ4v) is 7.17. The predicted octanol–water partition coefficient (Wildman–Crippen LogP) is 10.6. The lowest BCUT2D eigenvalue weighted by Crippen LogP contribution is -2.15. The summed E-state index contributed by atoms with van der Waals surface area (Å²) in [5.74, 6) is 0. The summed E-state index contributed by atoms with van der Waals surface area (Å²) in [6, 6.07) is 45.5. The van der Waals surface area contributed by atoms with Crippen LogP contribution in [0.15, 0.2) is 140 Å². The molecule has 1 aliphatic carbocycles.